The number of hydrogen-bond acceptors (Lipinski definition) is 6. The number of carbonyl (C=O) groups excluding carboxylic acids is 1. The van der Waals surface area contributed by atoms with Crippen molar-refractivity contribution in [3.8, 4) is 5.69 Å². The highest BCUT2D eigenvalue weighted by Crippen LogP contribution is 2.67. The summed E-state index contributed by atoms with van der Waals surface area (Å²) in [6.07, 6.45) is 9.51. The van der Waals surface area contributed by atoms with E-state index in [2.05, 4.69) is 23.1 Å². The molecule has 0 saturated heterocycles. The van der Waals surface area contributed by atoms with E-state index >= 15 is 0 Å². The second kappa shape index (κ2) is 9.61. The van der Waals surface area contributed by atoms with Crippen molar-refractivity contribution < 1.29 is 19.4 Å². The van der Waals surface area contributed by atoms with E-state index in [0.717, 1.165) is 47.7 Å². The number of nitrogens with zero attached hydrogens (tertiary/aromatic N) is 3. The Morgan fingerprint density at radius 3 is 2.73 bits per heavy atom. The Balaban J connectivity index is 1.16. The summed E-state index contributed by atoms with van der Waals surface area (Å²) in [5, 5.41) is 29.3. The summed E-state index contributed by atoms with van der Waals surface area (Å²) >= 11 is 1.37. The number of benzene rings is 1. The van der Waals surface area contributed by atoms with Crippen molar-refractivity contribution in [1.82, 2.24) is 14.8 Å². The number of carbonyl (C=O) groups is 1. The summed E-state index contributed by atoms with van der Waals surface area (Å²) in [5.41, 5.74) is 1.97. The largest absolute Gasteiger partial charge is 0.393 e. The van der Waals surface area contributed by atoms with Crippen molar-refractivity contribution >= 4 is 23.6 Å². The Hall–Kier alpha value is -2.81. The lowest BCUT2D eigenvalue weighted by molar-refractivity contribution is -0.177. The molecule has 0 spiro atoms. The Morgan fingerprint density at radius 1 is 1.17 bits per heavy atom. The number of aliphatic hydroxyl groups excluding tert-OH is 1. The van der Waals surface area contributed by atoms with E-state index in [4.69, 9.17) is 0 Å². The fourth-order valence-corrected chi connectivity index (χ4v) is 9.95. The molecule has 3 fully saturated rings. The van der Waals surface area contributed by atoms with Gasteiger partial charge in [0, 0.05) is 11.6 Å². The van der Waals surface area contributed by atoms with Crippen LogP contribution in [0.5, 0.6) is 0 Å². The zero-order valence-corrected chi connectivity index (χ0v) is 24.3. The van der Waals surface area contributed by atoms with Gasteiger partial charge in [0.15, 0.2) is 5.78 Å². The normalized spacial score (nSPS) is 35.6. The number of hydrogen-bond donors (Lipinski definition) is 2. The maximum atomic E-state index is 13.6. The highest BCUT2D eigenvalue weighted by molar-refractivity contribution is 7.99. The minimum atomic E-state index is -1.45. The quantitative estimate of drug-likeness (QED) is 0.384. The predicted molar refractivity (Wildman–Crippen MR) is 156 cm³/mol. The van der Waals surface area contributed by atoms with E-state index in [0.29, 0.717) is 12.8 Å². The first-order chi connectivity index (χ1) is 19.6. The molecular weight excluding hydrogens is 537 g/mol. The smallest absolute Gasteiger partial charge is 0.175 e. The van der Waals surface area contributed by atoms with Gasteiger partial charge in [0.05, 0.1) is 34.5 Å². The monoisotopic (exact) mass is 573 g/mol. The summed E-state index contributed by atoms with van der Waals surface area (Å²) in [6, 6.07) is 12.0. The first-order valence-corrected chi connectivity index (χ1v) is 15.6. The maximum absolute atomic E-state index is 13.6. The van der Waals surface area contributed by atoms with Crippen LogP contribution in [0.25, 0.3) is 11.8 Å². The van der Waals surface area contributed by atoms with Crippen LogP contribution in [0.2, 0.25) is 0 Å². The summed E-state index contributed by atoms with van der Waals surface area (Å²) in [7, 11) is 0. The van der Waals surface area contributed by atoms with Gasteiger partial charge in [-0.05, 0) is 110 Å². The van der Waals surface area contributed by atoms with Crippen molar-refractivity contribution in [2.45, 2.75) is 69.1 Å². The molecule has 2 heterocycles. The third-order valence-corrected chi connectivity index (χ3v) is 12.0. The van der Waals surface area contributed by atoms with E-state index in [1.165, 1.54) is 29.5 Å². The fraction of sp³-hybridized carbons (Fsp3) is 0.485. The Kier molecular flexibility index (Phi) is 6.34. The van der Waals surface area contributed by atoms with Crippen LogP contribution in [0.1, 0.15) is 57.2 Å². The lowest BCUT2D eigenvalue weighted by Gasteiger charge is -2.60. The summed E-state index contributed by atoms with van der Waals surface area (Å²) < 4.78 is 15.4. The summed E-state index contributed by atoms with van der Waals surface area (Å²) in [6.45, 7) is 4.34. The number of ketones is 1. The van der Waals surface area contributed by atoms with Crippen LogP contribution in [-0.4, -0.2) is 48.2 Å². The molecular formula is C33H36FN3O3S. The summed E-state index contributed by atoms with van der Waals surface area (Å²) in [5.74, 6) is 0.192. The number of thioether (sulfide) groups is 1. The Labute approximate surface area is 244 Å². The number of Topliss-reactive ketones (excluding diaryl/α,β-unsaturated/α-hetero) is 1. The molecule has 7 rings (SSSR count). The average Bonchev–Trinajstić information content (AvgIpc) is 3.48. The van der Waals surface area contributed by atoms with Gasteiger partial charge < -0.3 is 10.2 Å². The molecule has 0 bridgehead atoms. The molecule has 6 nitrogen and oxygen atoms in total. The molecule has 3 saturated carbocycles. The van der Waals surface area contributed by atoms with Gasteiger partial charge >= 0.3 is 0 Å². The van der Waals surface area contributed by atoms with Crippen LogP contribution in [0.4, 0.5) is 4.39 Å². The number of fused-ring (bicyclic) bond motifs is 6. The Bertz CT molecular complexity index is 1520. The molecule has 7 unspecified atom stereocenters. The molecule has 0 amide bonds. The van der Waals surface area contributed by atoms with Crippen LogP contribution in [0, 0.1) is 34.4 Å². The molecule has 4 aliphatic carbocycles. The van der Waals surface area contributed by atoms with Crippen molar-refractivity contribution in [2.75, 3.05) is 5.75 Å². The van der Waals surface area contributed by atoms with Crippen molar-refractivity contribution in [1.29, 1.82) is 0 Å². The molecule has 2 N–H and O–H groups in total. The molecule has 7 atom stereocenters. The minimum Gasteiger partial charge on any atom is -0.393 e. The van der Waals surface area contributed by atoms with Gasteiger partial charge in [-0.2, -0.15) is 5.10 Å². The number of halogens is 1. The van der Waals surface area contributed by atoms with Crippen LogP contribution in [0.3, 0.4) is 0 Å². The lowest BCUT2D eigenvalue weighted by atomic mass is 9.45. The second-order valence-corrected chi connectivity index (χ2v) is 14.0. The van der Waals surface area contributed by atoms with Gasteiger partial charge in [0.2, 0.25) is 0 Å². The van der Waals surface area contributed by atoms with Crippen molar-refractivity contribution in [3.05, 3.63) is 77.5 Å². The predicted octanol–water partition coefficient (Wildman–Crippen LogP) is 5.65. The molecule has 214 valence electrons. The fourth-order valence-electron chi connectivity index (χ4n) is 9.13. The van der Waals surface area contributed by atoms with Crippen LogP contribution in [-0.2, 0) is 11.2 Å². The molecule has 4 aliphatic rings. The van der Waals surface area contributed by atoms with E-state index < -0.39 is 17.1 Å². The first-order valence-electron chi connectivity index (χ1n) is 14.7. The minimum absolute atomic E-state index is 0.0447. The number of aliphatic hydroxyl groups is 2. The molecule has 41 heavy (non-hydrogen) atoms. The van der Waals surface area contributed by atoms with Gasteiger partial charge in [-0.1, -0.05) is 37.2 Å². The van der Waals surface area contributed by atoms with Gasteiger partial charge in [-0.3, -0.25) is 4.79 Å². The van der Waals surface area contributed by atoms with Crippen LogP contribution >= 0.6 is 11.8 Å². The van der Waals surface area contributed by atoms with Crippen LogP contribution < -0.4 is 0 Å². The third kappa shape index (κ3) is 4.01. The van der Waals surface area contributed by atoms with E-state index in [1.807, 2.05) is 36.0 Å². The molecule has 0 radical (unpaired) electrons. The highest BCUT2D eigenvalue weighted by atomic mass is 32.2. The van der Waals surface area contributed by atoms with Gasteiger partial charge in [-0.15, -0.1) is 0 Å². The van der Waals surface area contributed by atoms with Gasteiger partial charge in [-0.25, -0.2) is 14.1 Å². The second-order valence-electron chi connectivity index (χ2n) is 13.0. The van der Waals surface area contributed by atoms with Crippen molar-refractivity contribution in [2.24, 2.45) is 28.6 Å². The highest BCUT2D eigenvalue weighted by Gasteiger charge is 2.68. The zero-order valence-electron chi connectivity index (χ0n) is 23.5. The standard InChI is InChI=1S/C33H36FN3O3S/c1-31-16-20-18-36-37(23-9-7-22(34)8-10-23)26(20)15-21(31)6-11-24-25-12-13-33(40,32(25,2)17-27(38)30(24)31)28(39)19-41-29-5-3-4-14-35-29/h3-5,7-10,14-15,18,24-25,27,30,38,40H,6,11-13,16-17,19H2,1-2H3. The lowest BCUT2D eigenvalue weighted by Crippen LogP contribution is -2.62. The number of rotatable bonds is 5. The number of pyridine rings is 1. The van der Waals surface area contributed by atoms with E-state index in [1.54, 1.807) is 18.3 Å². The zero-order chi connectivity index (χ0) is 28.6. The average molecular weight is 574 g/mol. The number of aromatic nitrogens is 3. The van der Waals surface area contributed by atoms with E-state index in [-0.39, 0.29) is 40.5 Å². The summed E-state index contributed by atoms with van der Waals surface area (Å²) in [4.78, 5) is 17.9. The molecule has 1 aromatic carbocycles. The first kappa shape index (κ1) is 27.0. The van der Waals surface area contributed by atoms with E-state index in [9.17, 15) is 19.4 Å². The molecule has 3 aromatic rings. The third-order valence-electron chi connectivity index (χ3n) is 11.1. The maximum Gasteiger partial charge on any atom is 0.175 e. The Morgan fingerprint density at radius 2 is 1.98 bits per heavy atom. The van der Waals surface area contributed by atoms with Crippen molar-refractivity contribution in [3.63, 3.8) is 0 Å². The molecule has 2 aromatic heterocycles. The molecule has 0 aliphatic heterocycles. The topological polar surface area (TPSA) is 88.2 Å². The molecule has 8 heteroatoms. The van der Waals surface area contributed by atoms with Gasteiger partial charge in [0.25, 0.3) is 0 Å². The number of allylic oxidation sites excluding steroid dienone is 1. The van der Waals surface area contributed by atoms with Gasteiger partial charge in [0.1, 0.15) is 11.4 Å². The SMILES string of the molecule is CC12Cc3cnn(-c4ccc(F)cc4)c3C=C1CCC1C2C(O)CC2(C)C1CCC2(O)C(=O)CSc1ccccn1. The van der Waals surface area contributed by atoms with Crippen LogP contribution in [0.15, 0.2) is 65.5 Å².